The molecule has 25 heavy (non-hydrogen) atoms. The molecule has 1 aliphatic heterocycles. The maximum atomic E-state index is 11.9. The van der Waals surface area contributed by atoms with E-state index in [0.717, 1.165) is 36.0 Å². The van der Waals surface area contributed by atoms with Crippen LogP contribution in [0.15, 0.2) is 12.2 Å². The van der Waals surface area contributed by atoms with Crippen molar-refractivity contribution in [3.63, 3.8) is 0 Å². The van der Waals surface area contributed by atoms with E-state index in [-0.39, 0.29) is 11.3 Å². The fourth-order valence-corrected chi connectivity index (χ4v) is 8.11. The fraction of sp³-hybridized carbons (Fsp3) is 0.870. The fourth-order valence-electron chi connectivity index (χ4n) is 8.11. The van der Waals surface area contributed by atoms with Gasteiger partial charge >= 0.3 is 0 Å². The van der Waals surface area contributed by atoms with Crippen LogP contribution in [0.1, 0.15) is 73.6 Å². The van der Waals surface area contributed by atoms with E-state index in [1.54, 1.807) is 0 Å². The molecular formula is C23H37NO. The molecule has 140 valence electrons. The van der Waals surface area contributed by atoms with E-state index >= 15 is 0 Å². The normalized spacial score (nSPS) is 52.2. The third kappa shape index (κ3) is 2.38. The molecule has 3 aliphatic carbocycles. The van der Waals surface area contributed by atoms with Crippen molar-refractivity contribution in [3.8, 4) is 0 Å². The van der Waals surface area contributed by atoms with E-state index in [2.05, 4.69) is 52.9 Å². The molecule has 0 aromatic heterocycles. The van der Waals surface area contributed by atoms with E-state index < -0.39 is 0 Å². The molecule has 0 saturated heterocycles. The lowest BCUT2D eigenvalue weighted by Gasteiger charge is -2.61. The first-order valence-electron chi connectivity index (χ1n) is 10.6. The van der Waals surface area contributed by atoms with Gasteiger partial charge in [0.2, 0.25) is 5.91 Å². The van der Waals surface area contributed by atoms with Crippen molar-refractivity contribution in [1.82, 2.24) is 5.32 Å². The molecule has 4 rings (SSSR count). The Hall–Kier alpha value is -0.790. The van der Waals surface area contributed by atoms with Crippen LogP contribution < -0.4 is 5.32 Å². The highest BCUT2D eigenvalue weighted by molar-refractivity contribution is 5.89. The van der Waals surface area contributed by atoms with Gasteiger partial charge in [-0.1, -0.05) is 47.6 Å². The van der Waals surface area contributed by atoms with Crippen molar-refractivity contribution < 1.29 is 4.79 Å². The van der Waals surface area contributed by atoms with Crippen molar-refractivity contribution >= 4 is 5.91 Å². The number of nitrogens with one attached hydrogen (secondary N) is 1. The van der Waals surface area contributed by atoms with Crippen LogP contribution in [0.2, 0.25) is 0 Å². The minimum atomic E-state index is 0.113. The number of rotatable bonds is 0. The molecule has 0 bridgehead atoms. The summed E-state index contributed by atoms with van der Waals surface area (Å²) in [5.41, 5.74) is 1.09. The molecule has 4 aliphatic rings. The summed E-state index contributed by atoms with van der Waals surface area (Å²) in [5, 5.41) is 3.30. The van der Waals surface area contributed by atoms with Gasteiger partial charge in [0.25, 0.3) is 0 Å². The molecule has 0 spiro atoms. The second-order valence-corrected chi connectivity index (χ2v) is 11.3. The Bertz CT molecular complexity index is 602. The first-order chi connectivity index (χ1) is 11.6. The third-order valence-corrected chi connectivity index (χ3v) is 9.10. The summed E-state index contributed by atoms with van der Waals surface area (Å²) in [6.45, 7) is 14.9. The topological polar surface area (TPSA) is 29.1 Å². The Morgan fingerprint density at radius 1 is 1.12 bits per heavy atom. The predicted molar refractivity (Wildman–Crippen MR) is 103 cm³/mol. The zero-order valence-electron chi connectivity index (χ0n) is 17.1. The first kappa shape index (κ1) is 17.6. The molecule has 3 saturated carbocycles. The zero-order valence-corrected chi connectivity index (χ0v) is 17.1. The van der Waals surface area contributed by atoms with E-state index in [1.807, 2.05) is 6.08 Å². The molecule has 8 atom stereocenters. The minimum absolute atomic E-state index is 0.113. The maximum Gasteiger partial charge on any atom is 0.243 e. The summed E-state index contributed by atoms with van der Waals surface area (Å²) in [7, 11) is 0. The van der Waals surface area contributed by atoms with Crippen LogP contribution in [0, 0.1) is 45.8 Å². The predicted octanol–water partition coefficient (Wildman–Crippen LogP) is 5.19. The quantitative estimate of drug-likeness (QED) is 0.644. The molecule has 0 aromatic rings. The highest BCUT2D eigenvalue weighted by atomic mass is 16.1. The lowest BCUT2D eigenvalue weighted by atomic mass is 9.45. The SMILES string of the molecule is CC1C[C@H]2NC(=O)C=C[C@]2(C)[C@H]2CC[C@]3(C)C(C(C)(C)C)CC[C@H]3[C@H]12. The summed E-state index contributed by atoms with van der Waals surface area (Å²) in [4.78, 5) is 11.9. The summed E-state index contributed by atoms with van der Waals surface area (Å²) in [5.74, 6) is 4.11. The van der Waals surface area contributed by atoms with Gasteiger partial charge in [-0.25, -0.2) is 0 Å². The molecule has 0 aromatic carbocycles. The molecule has 2 unspecified atom stereocenters. The van der Waals surface area contributed by atoms with Crippen molar-refractivity contribution in [2.75, 3.05) is 0 Å². The average Bonchev–Trinajstić information content (AvgIpc) is 2.86. The average molecular weight is 344 g/mol. The van der Waals surface area contributed by atoms with E-state index in [4.69, 9.17) is 0 Å². The zero-order chi connectivity index (χ0) is 18.2. The molecule has 1 amide bonds. The third-order valence-electron chi connectivity index (χ3n) is 9.10. The number of hydrogen-bond donors (Lipinski definition) is 1. The highest BCUT2D eigenvalue weighted by Crippen LogP contribution is 2.68. The van der Waals surface area contributed by atoms with Crippen LogP contribution >= 0.6 is 0 Å². The maximum absolute atomic E-state index is 11.9. The standard InChI is InChI=1S/C23H37NO/c1-14-13-18-23(6,12-10-19(25)24-18)16-9-11-22(5)15(20(14)16)7-8-17(22)21(2,3)4/h10,12,14-18,20H,7-9,11,13H2,1-6H3,(H,24,25)/t14?,15-,16-,17?,18+,20-,22-,23+/m0/s1. The van der Waals surface area contributed by atoms with E-state index in [0.29, 0.717) is 16.9 Å². The second kappa shape index (κ2) is 5.36. The smallest absolute Gasteiger partial charge is 0.243 e. The van der Waals surface area contributed by atoms with Gasteiger partial charge in [-0.3, -0.25) is 4.79 Å². The molecule has 2 nitrogen and oxygen atoms in total. The van der Waals surface area contributed by atoms with Crippen LogP contribution in [0.5, 0.6) is 0 Å². The van der Waals surface area contributed by atoms with Gasteiger partial charge in [-0.15, -0.1) is 0 Å². The van der Waals surface area contributed by atoms with Gasteiger partial charge < -0.3 is 5.32 Å². The van der Waals surface area contributed by atoms with Crippen molar-refractivity contribution in [1.29, 1.82) is 0 Å². The van der Waals surface area contributed by atoms with Crippen LogP contribution in [-0.4, -0.2) is 11.9 Å². The van der Waals surface area contributed by atoms with Crippen LogP contribution in [0.25, 0.3) is 0 Å². The second-order valence-electron chi connectivity index (χ2n) is 11.3. The minimum Gasteiger partial charge on any atom is -0.349 e. The van der Waals surface area contributed by atoms with Crippen molar-refractivity contribution in [3.05, 3.63) is 12.2 Å². The number of amides is 1. The van der Waals surface area contributed by atoms with Crippen molar-refractivity contribution in [2.24, 2.45) is 45.8 Å². The van der Waals surface area contributed by atoms with Gasteiger partial charge in [-0.2, -0.15) is 0 Å². The monoisotopic (exact) mass is 343 g/mol. The van der Waals surface area contributed by atoms with E-state index in [1.165, 1.54) is 25.7 Å². The number of carbonyl (C=O) groups is 1. The van der Waals surface area contributed by atoms with Crippen LogP contribution in [0.3, 0.4) is 0 Å². The van der Waals surface area contributed by atoms with Crippen LogP contribution in [0.4, 0.5) is 0 Å². The summed E-state index contributed by atoms with van der Waals surface area (Å²) >= 11 is 0. The lowest BCUT2D eigenvalue weighted by molar-refractivity contribution is -0.127. The van der Waals surface area contributed by atoms with E-state index in [9.17, 15) is 4.79 Å². The Balaban J connectivity index is 1.70. The molecule has 3 fully saturated rings. The molecular weight excluding hydrogens is 306 g/mol. The van der Waals surface area contributed by atoms with Gasteiger partial charge in [0.05, 0.1) is 0 Å². The highest BCUT2D eigenvalue weighted by Gasteiger charge is 2.62. The Labute approximate surface area is 154 Å². The lowest BCUT2D eigenvalue weighted by Crippen LogP contribution is -2.61. The number of hydrogen-bond acceptors (Lipinski definition) is 1. The Morgan fingerprint density at radius 2 is 1.84 bits per heavy atom. The van der Waals surface area contributed by atoms with Gasteiger partial charge in [-0.05, 0) is 78.6 Å². The van der Waals surface area contributed by atoms with Crippen LogP contribution in [-0.2, 0) is 4.79 Å². The number of fused-ring (bicyclic) bond motifs is 5. The number of carbonyl (C=O) groups excluding carboxylic acids is 1. The molecule has 2 heteroatoms. The molecule has 1 N–H and O–H groups in total. The van der Waals surface area contributed by atoms with Gasteiger partial charge in [0.15, 0.2) is 0 Å². The molecule has 0 radical (unpaired) electrons. The first-order valence-corrected chi connectivity index (χ1v) is 10.6. The largest absolute Gasteiger partial charge is 0.349 e. The van der Waals surface area contributed by atoms with Crippen molar-refractivity contribution in [2.45, 2.75) is 79.7 Å². The Kier molecular flexibility index (Phi) is 3.78. The molecule has 1 heterocycles. The summed E-state index contributed by atoms with van der Waals surface area (Å²) in [6, 6.07) is 0.338. The van der Waals surface area contributed by atoms with Gasteiger partial charge in [0.1, 0.15) is 0 Å². The summed E-state index contributed by atoms with van der Waals surface area (Å²) < 4.78 is 0. The Morgan fingerprint density at radius 3 is 2.52 bits per heavy atom. The van der Waals surface area contributed by atoms with Gasteiger partial charge in [0, 0.05) is 11.5 Å². The summed E-state index contributed by atoms with van der Waals surface area (Å²) in [6.07, 6.45) is 10.8.